The first kappa shape index (κ1) is 19.7. The Bertz CT molecular complexity index is 1640. The Kier molecular flexibility index (Phi) is 4.78. The van der Waals surface area contributed by atoms with Crippen molar-refractivity contribution < 1.29 is 0 Å². The number of fused-ring (bicyclic) bond motifs is 2. The molecule has 0 saturated heterocycles. The van der Waals surface area contributed by atoms with Gasteiger partial charge in [0.25, 0.3) is 11.1 Å². The molecule has 0 unspecified atom stereocenters. The first-order valence-corrected chi connectivity index (χ1v) is 10.4. The van der Waals surface area contributed by atoms with E-state index in [0.29, 0.717) is 27.9 Å². The number of aryl methyl sites for hydroxylation is 1. The lowest BCUT2D eigenvalue weighted by Gasteiger charge is -2.14. The normalized spacial score (nSPS) is 11.3. The third-order valence-corrected chi connectivity index (χ3v) is 5.60. The second-order valence-corrected chi connectivity index (χ2v) is 7.56. The van der Waals surface area contributed by atoms with Gasteiger partial charge in [-0.1, -0.05) is 37.3 Å². The van der Waals surface area contributed by atoms with E-state index in [1.807, 2.05) is 19.1 Å². The van der Waals surface area contributed by atoms with Crippen molar-refractivity contribution in [2.45, 2.75) is 19.9 Å². The van der Waals surface area contributed by atoms with Crippen molar-refractivity contribution in [3.63, 3.8) is 0 Å². The summed E-state index contributed by atoms with van der Waals surface area (Å²) in [6, 6.07) is 21.1. The SMILES string of the molecule is CCc1ccc(-n2c(=O)c3ccccc3n(Cc3cc(=O)n4ccccc4n3)c2=O)cc1. The highest BCUT2D eigenvalue weighted by molar-refractivity contribution is 5.78. The molecule has 32 heavy (non-hydrogen) atoms. The molecule has 0 saturated carbocycles. The second-order valence-electron chi connectivity index (χ2n) is 7.56. The van der Waals surface area contributed by atoms with Crippen LogP contribution in [0.5, 0.6) is 0 Å². The van der Waals surface area contributed by atoms with Gasteiger partial charge < -0.3 is 0 Å². The highest BCUT2D eigenvalue weighted by Gasteiger charge is 2.15. The van der Waals surface area contributed by atoms with Crippen LogP contribution < -0.4 is 16.8 Å². The van der Waals surface area contributed by atoms with E-state index in [0.717, 1.165) is 12.0 Å². The number of rotatable bonds is 4. The van der Waals surface area contributed by atoms with E-state index in [9.17, 15) is 14.4 Å². The first-order valence-electron chi connectivity index (χ1n) is 10.4. The third-order valence-electron chi connectivity index (χ3n) is 5.60. The molecule has 0 bridgehead atoms. The summed E-state index contributed by atoms with van der Waals surface area (Å²) in [7, 11) is 0. The van der Waals surface area contributed by atoms with E-state index < -0.39 is 5.69 Å². The fourth-order valence-corrected chi connectivity index (χ4v) is 3.93. The molecule has 0 amide bonds. The molecule has 0 aliphatic heterocycles. The molecule has 0 spiro atoms. The molecule has 5 aromatic rings. The predicted octanol–water partition coefficient (Wildman–Crippen LogP) is 2.77. The lowest BCUT2D eigenvalue weighted by atomic mass is 10.1. The number of para-hydroxylation sites is 1. The minimum Gasteiger partial charge on any atom is -0.287 e. The van der Waals surface area contributed by atoms with Crippen LogP contribution in [0.4, 0.5) is 0 Å². The van der Waals surface area contributed by atoms with Crippen molar-refractivity contribution in [3.8, 4) is 5.69 Å². The van der Waals surface area contributed by atoms with E-state index >= 15 is 0 Å². The Morgan fingerprint density at radius 2 is 1.62 bits per heavy atom. The van der Waals surface area contributed by atoms with Crippen molar-refractivity contribution in [1.29, 1.82) is 0 Å². The second kappa shape index (κ2) is 7.77. The van der Waals surface area contributed by atoms with Crippen LogP contribution in [-0.2, 0) is 13.0 Å². The first-order chi connectivity index (χ1) is 15.6. The van der Waals surface area contributed by atoms with E-state index in [-0.39, 0.29) is 17.7 Å². The average molecular weight is 424 g/mol. The fraction of sp³-hybridized carbons (Fsp3) is 0.120. The summed E-state index contributed by atoms with van der Waals surface area (Å²) < 4.78 is 4.11. The number of hydrogen-bond donors (Lipinski definition) is 0. The molecule has 0 N–H and O–H groups in total. The molecule has 7 heteroatoms. The van der Waals surface area contributed by atoms with Gasteiger partial charge in [0, 0.05) is 12.3 Å². The predicted molar refractivity (Wildman–Crippen MR) is 124 cm³/mol. The maximum absolute atomic E-state index is 13.5. The zero-order chi connectivity index (χ0) is 22.2. The quantitative estimate of drug-likeness (QED) is 0.445. The molecule has 3 heterocycles. The van der Waals surface area contributed by atoms with Gasteiger partial charge in [-0.15, -0.1) is 0 Å². The molecule has 5 rings (SSSR count). The highest BCUT2D eigenvalue weighted by Crippen LogP contribution is 2.13. The number of nitrogens with zero attached hydrogens (tertiary/aromatic N) is 4. The third kappa shape index (κ3) is 3.24. The van der Waals surface area contributed by atoms with E-state index in [1.165, 1.54) is 19.6 Å². The number of aromatic nitrogens is 4. The minimum atomic E-state index is -0.479. The molecule has 3 aromatic heterocycles. The highest BCUT2D eigenvalue weighted by atomic mass is 16.2. The summed E-state index contributed by atoms with van der Waals surface area (Å²) in [6.45, 7) is 2.11. The van der Waals surface area contributed by atoms with Gasteiger partial charge in [0.05, 0.1) is 28.8 Å². The maximum atomic E-state index is 13.5. The van der Waals surface area contributed by atoms with Gasteiger partial charge in [-0.05, 0) is 48.4 Å². The van der Waals surface area contributed by atoms with Crippen LogP contribution in [0.15, 0.2) is 93.4 Å². The Labute approximate surface area is 182 Å². The molecule has 2 aromatic carbocycles. The van der Waals surface area contributed by atoms with Gasteiger partial charge in [0.2, 0.25) is 0 Å². The zero-order valence-corrected chi connectivity index (χ0v) is 17.4. The van der Waals surface area contributed by atoms with Gasteiger partial charge in [0.15, 0.2) is 0 Å². The van der Waals surface area contributed by atoms with Gasteiger partial charge >= 0.3 is 5.69 Å². The van der Waals surface area contributed by atoms with Crippen LogP contribution in [-0.4, -0.2) is 18.5 Å². The molecular formula is C25H20N4O3. The van der Waals surface area contributed by atoms with Crippen LogP contribution >= 0.6 is 0 Å². The molecule has 0 aliphatic rings. The average Bonchev–Trinajstić information content (AvgIpc) is 2.82. The smallest absolute Gasteiger partial charge is 0.287 e. The van der Waals surface area contributed by atoms with Gasteiger partial charge in [-0.3, -0.25) is 18.6 Å². The Hall–Kier alpha value is -4.26. The molecule has 0 atom stereocenters. The Balaban J connectivity index is 1.75. The van der Waals surface area contributed by atoms with Gasteiger partial charge in [-0.2, -0.15) is 0 Å². The van der Waals surface area contributed by atoms with Crippen molar-refractivity contribution in [2.24, 2.45) is 0 Å². The minimum absolute atomic E-state index is 0.0628. The lowest BCUT2D eigenvalue weighted by molar-refractivity contribution is 0.700. The lowest BCUT2D eigenvalue weighted by Crippen LogP contribution is -2.39. The summed E-state index contributed by atoms with van der Waals surface area (Å²) in [6.07, 6.45) is 2.51. The summed E-state index contributed by atoms with van der Waals surface area (Å²) >= 11 is 0. The molecular weight excluding hydrogens is 404 g/mol. The van der Waals surface area contributed by atoms with Crippen molar-refractivity contribution in [2.75, 3.05) is 0 Å². The van der Waals surface area contributed by atoms with Crippen molar-refractivity contribution in [3.05, 3.63) is 121 Å². The van der Waals surface area contributed by atoms with E-state index in [2.05, 4.69) is 4.98 Å². The summed E-state index contributed by atoms with van der Waals surface area (Å²) in [4.78, 5) is 43.8. The summed E-state index contributed by atoms with van der Waals surface area (Å²) in [5.41, 5.74) is 1.97. The standard InChI is InChI=1S/C25H20N4O3/c1-2-17-10-12-19(13-11-17)29-24(31)20-7-3-4-8-21(20)28(25(29)32)16-18-15-23(30)27-14-6-5-9-22(27)26-18/h3-15H,2,16H2,1H3. The van der Waals surface area contributed by atoms with Crippen LogP contribution in [0, 0.1) is 0 Å². The van der Waals surface area contributed by atoms with Crippen LogP contribution in [0.3, 0.4) is 0 Å². The largest absolute Gasteiger partial charge is 0.336 e. The van der Waals surface area contributed by atoms with Crippen LogP contribution in [0.2, 0.25) is 0 Å². The Morgan fingerprint density at radius 1 is 0.875 bits per heavy atom. The van der Waals surface area contributed by atoms with Crippen molar-refractivity contribution in [1.82, 2.24) is 18.5 Å². The molecule has 7 nitrogen and oxygen atoms in total. The van der Waals surface area contributed by atoms with Crippen molar-refractivity contribution >= 4 is 16.6 Å². The maximum Gasteiger partial charge on any atom is 0.336 e. The molecule has 0 aliphatic carbocycles. The molecule has 0 fully saturated rings. The number of benzene rings is 2. The molecule has 0 radical (unpaired) electrons. The fourth-order valence-electron chi connectivity index (χ4n) is 3.93. The molecule has 158 valence electrons. The Morgan fingerprint density at radius 3 is 2.41 bits per heavy atom. The van der Waals surface area contributed by atoms with E-state index in [1.54, 1.807) is 60.8 Å². The summed E-state index contributed by atoms with van der Waals surface area (Å²) in [5, 5.41) is 0.421. The summed E-state index contributed by atoms with van der Waals surface area (Å²) in [5.74, 6) is 0. The van der Waals surface area contributed by atoms with Crippen LogP contribution in [0.25, 0.3) is 22.2 Å². The van der Waals surface area contributed by atoms with E-state index in [4.69, 9.17) is 0 Å². The number of hydrogen-bond acceptors (Lipinski definition) is 4. The zero-order valence-electron chi connectivity index (χ0n) is 17.4. The number of pyridine rings is 1. The van der Waals surface area contributed by atoms with Gasteiger partial charge in [0.1, 0.15) is 5.65 Å². The van der Waals surface area contributed by atoms with Crippen LogP contribution in [0.1, 0.15) is 18.2 Å². The van der Waals surface area contributed by atoms with Gasteiger partial charge in [-0.25, -0.2) is 14.3 Å². The topological polar surface area (TPSA) is 78.4 Å². The monoisotopic (exact) mass is 424 g/mol.